The fourth-order valence-corrected chi connectivity index (χ4v) is 1.56. The molecule has 1 aromatic heterocycles. The summed E-state index contributed by atoms with van der Waals surface area (Å²) in [5.74, 6) is 0.147. The third kappa shape index (κ3) is 3.89. The van der Waals surface area contributed by atoms with Gasteiger partial charge in [0.05, 0.1) is 0 Å². The standard InChI is InChI=1S/C13H23N3O/c1-5-14-9-12-7-6-8-16(12)10-13(17)15(4)11(2)3/h6-8,11,14H,5,9-10H2,1-4H3. The molecule has 1 heterocycles. The predicted octanol–water partition coefficient (Wildman–Crippen LogP) is 1.46. The van der Waals surface area contributed by atoms with E-state index in [1.54, 1.807) is 4.90 Å². The van der Waals surface area contributed by atoms with Gasteiger partial charge in [0.25, 0.3) is 0 Å². The molecule has 0 aliphatic carbocycles. The van der Waals surface area contributed by atoms with Crippen molar-refractivity contribution in [1.29, 1.82) is 0 Å². The van der Waals surface area contributed by atoms with Gasteiger partial charge in [-0.1, -0.05) is 6.92 Å². The highest BCUT2D eigenvalue weighted by molar-refractivity contribution is 5.76. The molecule has 0 aromatic carbocycles. The first-order chi connectivity index (χ1) is 8.06. The highest BCUT2D eigenvalue weighted by Crippen LogP contribution is 2.04. The van der Waals surface area contributed by atoms with Gasteiger partial charge in [-0.2, -0.15) is 0 Å². The molecule has 0 fully saturated rings. The summed E-state index contributed by atoms with van der Waals surface area (Å²) in [6.45, 7) is 8.28. The summed E-state index contributed by atoms with van der Waals surface area (Å²) in [5.41, 5.74) is 1.15. The smallest absolute Gasteiger partial charge is 0.242 e. The van der Waals surface area contributed by atoms with Gasteiger partial charge in [-0.25, -0.2) is 0 Å². The van der Waals surface area contributed by atoms with E-state index in [0.29, 0.717) is 6.54 Å². The molecule has 1 rings (SSSR count). The van der Waals surface area contributed by atoms with Crippen molar-refractivity contribution in [2.45, 2.75) is 39.9 Å². The lowest BCUT2D eigenvalue weighted by Crippen LogP contribution is -2.35. The Morgan fingerprint density at radius 3 is 2.82 bits per heavy atom. The monoisotopic (exact) mass is 237 g/mol. The van der Waals surface area contributed by atoms with Crippen molar-refractivity contribution in [3.05, 3.63) is 24.0 Å². The molecule has 0 bridgehead atoms. The number of nitrogens with zero attached hydrogens (tertiary/aromatic N) is 2. The Morgan fingerprint density at radius 2 is 2.24 bits per heavy atom. The Labute approximate surface area is 104 Å². The molecule has 96 valence electrons. The Hall–Kier alpha value is -1.29. The highest BCUT2D eigenvalue weighted by atomic mass is 16.2. The van der Waals surface area contributed by atoms with Gasteiger partial charge in [-0.3, -0.25) is 4.79 Å². The van der Waals surface area contributed by atoms with E-state index in [1.165, 1.54) is 0 Å². The fraction of sp³-hybridized carbons (Fsp3) is 0.615. The molecular weight excluding hydrogens is 214 g/mol. The number of carbonyl (C=O) groups is 1. The second-order valence-electron chi connectivity index (χ2n) is 4.51. The lowest BCUT2D eigenvalue weighted by atomic mass is 10.3. The van der Waals surface area contributed by atoms with Crippen LogP contribution in [0.25, 0.3) is 0 Å². The topological polar surface area (TPSA) is 37.3 Å². The van der Waals surface area contributed by atoms with Crippen LogP contribution in [0, 0.1) is 0 Å². The minimum absolute atomic E-state index is 0.147. The van der Waals surface area contributed by atoms with Gasteiger partial charge < -0.3 is 14.8 Å². The lowest BCUT2D eigenvalue weighted by Gasteiger charge is -2.22. The minimum atomic E-state index is 0.147. The Balaban J connectivity index is 2.62. The third-order valence-electron chi connectivity index (χ3n) is 2.95. The average Bonchev–Trinajstić information content (AvgIpc) is 2.72. The van der Waals surface area contributed by atoms with Crippen LogP contribution in [0.2, 0.25) is 0 Å². The number of aromatic nitrogens is 1. The van der Waals surface area contributed by atoms with Gasteiger partial charge in [-0.15, -0.1) is 0 Å². The molecule has 0 radical (unpaired) electrons. The summed E-state index contributed by atoms with van der Waals surface area (Å²) in [4.78, 5) is 13.7. The third-order valence-corrected chi connectivity index (χ3v) is 2.95. The van der Waals surface area contributed by atoms with Crippen LogP contribution in [0.15, 0.2) is 18.3 Å². The van der Waals surface area contributed by atoms with Crippen molar-refractivity contribution in [1.82, 2.24) is 14.8 Å². The normalized spacial score (nSPS) is 10.9. The molecule has 0 aliphatic rings. The summed E-state index contributed by atoms with van der Waals surface area (Å²) in [5, 5.41) is 3.27. The number of hydrogen-bond acceptors (Lipinski definition) is 2. The maximum atomic E-state index is 12.0. The van der Waals surface area contributed by atoms with Crippen molar-refractivity contribution in [3.8, 4) is 0 Å². The van der Waals surface area contributed by atoms with E-state index < -0.39 is 0 Å². The minimum Gasteiger partial charge on any atom is -0.342 e. The van der Waals surface area contributed by atoms with E-state index in [2.05, 4.69) is 12.2 Å². The molecule has 0 saturated carbocycles. The van der Waals surface area contributed by atoms with Crippen LogP contribution in [-0.2, 0) is 17.9 Å². The summed E-state index contributed by atoms with van der Waals surface area (Å²) in [7, 11) is 1.85. The zero-order chi connectivity index (χ0) is 12.8. The largest absolute Gasteiger partial charge is 0.342 e. The maximum Gasteiger partial charge on any atom is 0.242 e. The van der Waals surface area contributed by atoms with E-state index in [4.69, 9.17) is 0 Å². The Kier molecular flexibility index (Phi) is 5.22. The average molecular weight is 237 g/mol. The van der Waals surface area contributed by atoms with Gasteiger partial charge in [0.2, 0.25) is 5.91 Å². The molecule has 1 amide bonds. The zero-order valence-electron chi connectivity index (χ0n) is 11.2. The van der Waals surface area contributed by atoms with Gasteiger partial charge in [-0.05, 0) is 32.5 Å². The summed E-state index contributed by atoms with van der Waals surface area (Å²) >= 11 is 0. The highest BCUT2D eigenvalue weighted by Gasteiger charge is 2.13. The summed E-state index contributed by atoms with van der Waals surface area (Å²) in [6, 6.07) is 4.27. The number of rotatable bonds is 6. The van der Waals surface area contributed by atoms with E-state index in [1.807, 2.05) is 43.8 Å². The van der Waals surface area contributed by atoms with Crippen LogP contribution in [0.4, 0.5) is 0 Å². The van der Waals surface area contributed by atoms with Crippen LogP contribution in [0.5, 0.6) is 0 Å². The van der Waals surface area contributed by atoms with E-state index >= 15 is 0 Å². The Morgan fingerprint density at radius 1 is 1.53 bits per heavy atom. The zero-order valence-corrected chi connectivity index (χ0v) is 11.2. The molecule has 0 aliphatic heterocycles. The molecule has 4 heteroatoms. The number of carbonyl (C=O) groups excluding carboxylic acids is 1. The predicted molar refractivity (Wildman–Crippen MR) is 69.7 cm³/mol. The first-order valence-electron chi connectivity index (χ1n) is 6.16. The molecule has 1 aromatic rings. The van der Waals surface area contributed by atoms with Crippen molar-refractivity contribution in [2.24, 2.45) is 0 Å². The van der Waals surface area contributed by atoms with E-state index in [9.17, 15) is 4.79 Å². The van der Waals surface area contributed by atoms with E-state index in [-0.39, 0.29) is 11.9 Å². The Bertz CT molecular complexity index is 357. The van der Waals surface area contributed by atoms with Crippen molar-refractivity contribution in [3.63, 3.8) is 0 Å². The SMILES string of the molecule is CCNCc1cccn1CC(=O)N(C)C(C)C. The van der Waals surface area contributed by atoms with Crippen LogP contribution < -0.4 is 5.32 Å². The number of amides is 1. The van der Waals surface area contributed by atoms with Crippen LogP contribution in [-0.4, -0.2) is 35.0 Å². The maximum absolute atomic E-state index is 12.0. The van der Waals surface area contributed by atoms with Crippen LogP contribution in [0.1, 0.15) is 26.5 Å². The van der Waals surface area contributed by atoms with Crippen LogP contribution in [0.3, 0.4) is 0 Å². The summed E-state index contributed by atoms with van der Waals surface area (Å²) in [6.07, 6.45) is 1.96. The van der Waals surface area contributed by atoms with Gasteiger partial charge in [0.1, 0.15) is 6.54 Å². The molecule has 0 atom stereocenters. The van der Waals surface area contributed by atoms with Gasteiger partial charge in [0.15, 0.2) is 0 Å². The second kappa shape index (κ2) is 6.45. The molecule has 0 saturated heterocycles. The van der Waals surface area contributed by atoms with Gasteiger partial charge in [0, 0.05) is 31.5 Å². The quantitative estimate of drug-likeness (QED) is 0.813. The summed E-state index contributed by atoms with van der Waals surface area (Å²) < 4.78 is 2.00. The first-order valence-corrected chi connectivity index (χ1v) is 6.16. The van der Waals surface area contributed by atoms with Crippen LogP contribution >= 0.6 is 0 Å². The number of nitrogens with one attached hydrogen (secondary N) is 1. The molecular formula is C13H23N3O. The van der Waals surface area contributed by atoms with E-state index in [0.717, 1.165) is 18.8 Å². The number of hydrogen-bond donors (Lipinski definition) is 1. The van der Waals surface area contributed by atoms with Crippen molar-refractivity contribution < 1.29 is 4.79 Å². The molecule has 4 nitrogen and oxygen atoms in total. The molecule has 1 N–H and O–H groups in total. The van der Waals surface area contributed by atoms with Crippen molar-refractivity contribution in [2.75, 3.05) is 13.6 Å². The first kappa shape index (κ1) is 13.8. The molecule has 0 spiro atoms. The fourth-order valence-electron chi connectivity index (χ4n) is 1.56. The molecule has 17 heavy (non-hydrogen) atoms. The lowest BCUT2D eigenvalue weighted by molar-refractivity contribution is -0.132. The molecule has 0 unspecified atom stereocenters. The van der Waals surface area contributed by atoms with Gasteiger partial charge >= 0.3 is 0 Å². The number of likely N-dealkylation sites (N-methyl/N-ethyl adjacent to an activating group) is 1. The second-order valence-corrected chi connectivity index (χ2v) is 4.51. The van der Waals surface area contributed by atoms with Crippen molar-refractivity contribution >= 4 is 5.91 Å².